The summed E-state index contributed by atoms with van der Waals surface area (Å²) in [5, 5.41) is 3.48. The average molecular weight is 336 g/mol. The lowest BCUT2D eigenvalue weighted by Crippen LogP contribution is -2.48. The molecule has 3 saturated heterocycles. The fraction of sp³-hybridized carbons (Fsp3) is 0.588. The van der Waals surface area contributed by atoms with E-state index in [0.29, 0.717) is 22.0 Å². The predicted molar refractivity (Wildman–Crippen MR) is 89.8 cm³/mol. The van der Waals surface area contributed by atoms with Gasteiger partial charge in [0.15, 0.2) is 0 Å². The van der Waals surface area contributed by atoms with Gasteiger partial charge in [0.25, 0.3) is 5.91 Å². The zero-order valence-corrected chi connectivity index (χ0v) is 14.0. The molecule has 4 fully saturated rings. The van der Waals surface area contributed by atoms with Crippen molar-refractivity contribution in [2.75, 3.05) is 39.0 Å². The number of nitrogens with zero attached hydrogens (tertiary/aromatic N) is 1. The summed E-state index contributed by atoms with van der Waals surface area (Å²) in [5.74, 6) is 1.99. The maximum Gasteiger partial charge on any atom is 0.255 e. The number of carbonyl (C=O) groups is 1. The Labute approximate surface area is 141 Å². The molecule has 124 valence electrons. The van der Waals surface area contributed by atoms with Gasteiger partial charge in [-0.05, 0) is 30.7 Å². The number of nitrogens with one attached hydrogen (secondary N) is 1. The molecule has 0 aromatic heterocycles. The van der Waals surface area contributed by atoms with Gasteiger partial charge in [-0.2, -0.15) is 0 Å². The normalized spacial score (nSPS) is 33.9. The molecule has 1 aromatic rings. The van der Waals surface area contributed by atoms with Crippen LogP contribution in [0.1, 0.15) is 23.2 Å². The SMILES string of the molecule is COc1cc(N)c(Cl)cc1C(=O)NCC12C[C@H]3CN(C[C@@H]3C1)C2. The number of hydrogen-bond donors (Lipinski definition) is 2. The second-order valence-corrected chi connectivity index (χ2v) is 7.79. The van der Waals surface area contributed by atoms with Crippen molar-refractivity contribution in [2.45, 2.75) is 12.8 Å². The predicted octanol–water partition coefficient (Wildman–Crippen LogP) is 2.00. The van der Waals surface area contributed by atoms with Gasteiger partial charge in [-0.15, -0.1) is 0 Å². The minimum Gasteiger partial charge on any atom is -0.496 e. The summed E-state index contributed by atoms with van der Waals surface area (Å²) in [6.07, 6.45) is 2.49. The molecule has 2 atom stereocenters. The number of ether oxygens (including phenoxy) is 1. The molecule has 1 amide bonds. The van der Waals surface area contributed by atoms with Crippen LogP contribution in [0.5, 0.6) is 5.75 Å². The van der Waals surface area contributed by atoms with Crippen LogP contribution in [0.2, 0.25) is 5.02 Å². The quantitative estimate of drug-likeness (QED) is 0.826. The van der Waals surface area contributed by atoms with Crippen LogP contribution in [0.3, 0.4) is 0 Å². The number of piperidine rings is 2. The highest BCUT2D eigenvalue weighted by molar-refractivity contribution is 6.33. The van der Waals surface area contributed by atoms with Gasteiger partial charge in [-0.1, -0.05) is 11.6 Å². The standard InChI is InChI=1S/C17H22ClN3O2/c1-23-15-3-14(19)13(18)2-12(15)16(22)20-8-17-4-10-6-21(9-17)7-11(10)5-17/h2-3,10-11H,4-9,19H2,1H3,(H,20,22)/t10-,11-/m0/s1. The van der Waals surface area contributed by atoms with Crippen molar-refractivity contribution < 1.29 is 9.53 Å². The average Bonchev–Trinajstić information content (AvgIpc) is 2.94. The number of anilines is 1. The van der Waals surface area contributed by atoms with Crippen LogP contribution in [0, 0.1) is 17.3 Å². The number of benzene rings is 1. The molecular formula is C17H22ClN3O2. The molecule has 4 bridgehead atoms. The van der Waals surface area contributed by atoms with Crippen LogP contribution in [-0.4, -0.2) is 44.1 Å². The van der Waals surface area contributed by atoms with Crippen molar-refractivity contribution in [3.63, 3.8) is 0 Å². The van der Waals surface area contributed by atoms with E-state index in [0.717, 1.165) is 24.9 Å². The number of nitrogens with two attached hydrogens (primary N) is 1. The van der Waals surface area contributed by atoms with Gasteiger partial charge in [-0.3, -0.25) is 4.79 Å². The molecule has 0 radical (unpaired) electrons. The molecule has 3 heterocycles. The van der Waals surface area contributed by atoms with Gasteiger partial charge in [0, 0.05) is 37.7 Å². The second kappa shape index (κ2) is 5.28. The summed E-state index contributed by atoms with van der Waals surface area (Å²) in [5.41, 5.74) is 6.89. The first-order chi connectivity index (χ1) is 11.0. The third-order valence-corrected chi connectivity index (χ3v) is 6.12. The Balaban J connectivity index is 1.48. The summed E-state index contributed by atoms with van der Waals surface area (Å²) in [4.78, 5) is 15.1. The lowest BCUT2D eigenvalue weighted by Gasteiger charge is -2.40. The molecular weight excluding hydrogens is 314 g/mol. The molecule has 1 aromatic carbocycles. The topological polar surface area (TPSA) is 67.6 Å². The summed E-state index contributed by atoms with van der Waals surface area (Å²) in [6.45, 7) is 4.34. The number of hydrogen-bond acceptors (Lipinski definition) is 4. The van der Waals surface area contributed by atoms with E-state index < -0.39 is 0 Å². The van der Waals surface area contributed by atoms with Crippen LogP contribution in [0.15, 0.2) is 12.1 Å². The third kappa shape index (κ3) is 2.46. The maximum atomic E-state index is 12.6. The van der Waals surface area contributed by atoms with Crippen LogP contribution >= 0.6 is 11.6 Å². The van der Waals surface area contributed by atoms with Crippen molar-refractivity contribution in [1.29, 1.82) is 0 Å². The van der Waals surface area contributed by atoms with Gasteiger partial charge in [0.05, 0.1) is 23.4 Å². The van der Waals surface area contributed by atoms with E-state index in [-0.39, 0.29) is 11.3 Å². The van der Waals surface area contributed by atoms with E-state index in [9.17, 15) is 4.79 Å². The molecule has 5 rings (SSSR count). The molecule has 3 aliphatic heterocycles. The van der Waals surface area contributed by atoms with E-state index in [4.69, 9.17) is 22.1 Å². The Morgan fingerprint density at radius 1 is 1.43 bits per heavy atom. The van der Waals surface area contributed by atoms with Crippen LogP contribution < -0.4 is 15.8 Å². The highest BCUT2D eigenvalue weighted by atomic mass is 35.5. The van der Waals surface area contributed by atoms with Crippen molar-refractivity contribution in [2.24, 2.45) is 17.3 Å². The molecule has 6 heteroatoms. The number of rotatable bonds is 4. The number of carbonyl (C=O) groups excluding carboxylic acids is 1. The summed E-state index contributed by atoms with van der Waals surface area (Å²) in [7, 11) is 1.53. The zero-order chi connectivity index (χ0) is 16.2. The first-order valence-corrected chi connectivity index (χ1v) is 8.51. The molecule has 5 nitrogen and oxygen atoms in total. The maximum absolute atomic E-state index is 12.6. The van der Waals surface area contributed by atoms with E-state index in [1.807, 2.05) is 0 Å². The van der Waals surface area contributed by atoms with E-state index in [2.05, 4.69) is 10.2 Å². The summed E-state index contributed by atoms with van der Waals surface area (Å²) >= 11 is 6.05. The number of amides is 1. The molecule has 1 saturated carbocycles. The summed E-state index contributed by atoms with van der Waals surface area (Å²) in [6, 6.07) is 3.19. The smallest absolute Gasteiger partial charge is 0.255 e. The first-order valence-electron chi connectivity index (χ1n) is 8.13. The van der Waals surface area contributed by atoms with E-state index >= 15 is 0 Å². The fourth-order valence-corrected chi connectivity index (χ4v) is 5.07. The number of methoxy groups -OCH3 is 1. The number of nitrogen functional groups attached to an aromatic ring is 1. The largest absolute Gasteiger partial charge is 0.496 e. The minimum absolute atomic E-state index is 0.143. The highest BCUT2D eigenvalue weighted by Crippen LogP contribution is 2.54. The second-order valence-electron chi connectivity index (χ2n) is 7.38. The molecule has 4 aliphatic rings. The van der Waals surface area contributed by atoms with Crippen LogP contribution in [0.25, 0.3) is 0 Å². The Kier molecular flexibility index (Phi) is 3.46. The van der Waals surface area contributed by atoms with Crippen LogP contribution in [-0.2, 0) is 0 Å². The Bertz CT molecular complexity index is 644. The lowest BCUT2D eigenvalue weighted by molar-refractivity contribution is 0.0806. The lowest BCUT2D eigenvalue weighted by atomic mass is 9.81. The summed E-state index contributed by atoms with van der Waals surface area (Å²) < 4.78 is 5.27. The first kappa shape index (κ1) is 15.1. The van der Waals surface area contributed by atoms with Gasteiger partial charge in [0.1, 0.15) is 5.75 Å². The Morgan fingerprint density at radius 2 is 2.13 bits per heavy atom. The third-order valence-electron chi connectivity index (χ3n) is 5.79. The fourth-order valence-electron chi connectivity index (χ4n) is 4.91. The highest BCUT2D eigenvalue weighted by Gasteiger charge is 2.55. The molecule has 0 spiro atoms. The van der Waals surface area contributed by atoms with Gasteiger partial charge < -0.3 is 20.7 Å². The molecule has 1 aliphatic carbocycles. The minimum atomic E-state index is -0.143. The van der Waals surface area contributed by atoms with Crippen molar-refractivity contribution >= 4 is 23.2 Å². The van der Waals surface area contributed by atoms with E-state index in [1.165, 1.54) is 33.0 Å². The van der Waals surface area contributed by atoms with Crippen LogP contribution in [0.4, 0.5) is 5.69 Å². The molecule has 0 unspecified atom stereocenters. The van der Waals surface area contributed by atoms with Gasteiger partial charge in [0.2, 0.25) is 0 Å². The Morgan fingerprint density at radius 3 is 2.74 bits per heavy atom. The van der Waals surface area contributed by atoms with E-state index in [1.54, 1.807) is 12.1 Å². The van der Waals surface area contributed by atoms with Crippen molar-refractivity contribution in [3.8, 4) is 5.75 Å². The molecule has 3 N–H and O–H groups in total. The van der Waals surface area contributed by atoms with Crippen molar-refractivity contribution in [1.82, 2.24) is 10.2 Å². The van der Waals surface area contributed by atoms with Crippen molar-refractivity contribution in [3.05, 3.63) is 22.7 Å². The zero-order valence-electron chi connectivity index (χ0n) is 13.3. The number of halogens is 1. The molecule has 23 heavy (non-hydrogen) atoms. The van der Waals surface area contributed by atoms with Gasteiger partial charge >= 0.3 is 0 Å². The van der Waals surface area contributed by atoms with Gasteiger partial charge in [-0.25, -0.2) is 0 Å². The Hall–Kier alpha value is -1.46. The monoisotopic (exact) mass is 335 g/mol.